The summed E-state index contributed by atoms with van der Waals surface area (Å²) in [5.74, 6) is 0.588. The van der Waals surface area contributed by atoms with E-state index < -0.39 is 18.4 Å². The highest BCUT2D eigenvalue weighted by Crippen LogP contribution is 2.54. The maximum atomic E-state index is 12.5. The van der Waals surface area contributed by atoms with E-state index in [1.807, 2.05) is 6.92 Å². The lowest BCUT2D eigenvalue weighted by Gasteiger charge is -2.19. The minimum absolute atomic E-state index is 0.0408. The van der Waals surface area contributed by atoms with Crippen molar-refractivity contribution in [2.24, 2.45) is 0 Å². The molecule has 1 rings (SSSR count). The van der Waals surface area contributed by atoms with Crippen LogP contribution in [0.2, 0.25) is 5.02 Å². The van der Waals surface area contributed by atoms with Crippen LogP contribution in [0, 0.1) is 0 Å². The summed E-state index contributed by atoms with van der Waals surface area (Å²) in [4.78, 5) is 3.60. The molecule has 4 nitrogen and oxygen atoms in total. The van der Waals surface area contributed by atoms with Crippen LogP contribution in [0.3, 0.4) is 0 Å². The number of hydrogen-bond acceptors (Lipinski definition) is 3. The summed E-state index contributed by atoms with van der Waals surface area (Å²) in [6, 6.07) is 0.751. The smallest absolute Gasteiger partial charge is 0.300 e. The van der Waals surface area contributed by atoms with Gasteiger partial charge in [0.05, 0.1) is 10.6 Å². The Balaban J connectivity index is 2.95. The molecule has 0 aliphatic heterocycles. The van der Waals surface area contributed by atoms with Crippen LogP contribution in [0.5, 0.6) is 0 Å². The summed E-state index contributed by atoms with van der Waals surface area (Å²) >= 11 is 6.90. The average molecular weight is 348 g/mol. The number of halogens is 4. The first-order valence-electron chi connectivity index (χ1n) is 5.66. The molecule has 1 aromatic heterocycles. The van der Waals surface area contributed by atoms with E-state index in [4.69, 9.17) is 11.6 Å². The van der Waals surface area contributed by atoms with Crippen LogP contribution < -0.4 is 10.2 Å². The SMILES string of the molecule is CCCSP(=O)(NC)Nc1ncc(C(F)(F)F)cc1Cl. The van der Waals surface area contributed by atoms with Gasteiger partial charge >= 0.3 is 6.18 Å². The third-order valence-electron chi connectivity index (χ3n) is 2.19. The Morgan fingerprint density at radius 2 is 2.15 bits per heavy atom. The van der Waals surface area contributed by atoms with E-state index in [9.17, 15) is 17.7 Å². The van der Waals surface area contributed by atoms with Crippen LogP contribution in [0.25, 0.3) is 0 Å². The molecule has 1 atom stereocenters. The molecule has 0 spiro atoms. The minimum atomic E-state index is -4.52. The van der Waals surface area contributed by atoms with E-state index in [1.54, 1.807) is 0 Å². The van der Waals surface area contributed by atoms with Crippen LogP contribution in [-0.2, 0) is 10.7 Å². The maximum Gasteiger partial charge on any atom is 0.417 e. The van der Waals surface area contributed by atoms with Gasteiger partial charge in [-0.25, -0.2) is 10.1 Å². The average Bonchev–Trinajstić information content (AvgIpc) is 2.37. The quantitative estimate of drug-likeness (QED) is 0.734. The molecular formula is C10H14ClF3N3OPS. The van der Waals surface area contributed by atoms with E-state index >= 15 is 0 Å². The first kappa shape index (κ1) is 17.6. The number of nitrogens with one attached hydrogen (secondary N) is 2. The van der Waals surface area contributed by atoms with Crippen molar-refractivity contribution in [3.05, 3.63) is 22.8 Å². The molecule has 0 radical (unpaired) electrons. The number of nitrogens with zero attached hydrogens (tertiary/aromatic N) is 1. The molecule has 0 aliphatic rings. The second-order valence-electron chi connectivity index (χ2n) is 3.77. The predicted molar refractivity (Wildman–Crippen MR) is 77.3 cm³/mol. The predicted octanol–water partition coefficient (Wildman–Crippen LogP) is 4.64. The van der Waals surface area contributed by atoms with E-state index in [1.165, 1.54) is 7.05 Å². The molecule has 1 aromatic rings. The third-order valence-corrected chi connectivity index (χ3v) is 6.99. The number of rotatable bonds is 6. The zero-order valence-electron chi connectivity index (χ0n) is 10.8. The lowest BCUT2D eigenvalue weighted by atomic mass is 10.3. The monoisotopic (exact) mass is 347 g/mol. The molecule has 1 heterocycles. The zero-order valence-corrected chi connectivity index (χ0v) is 13.3. The van der Waals surface area contributed by atoms with Gasteiger partial charge in [-0.05, 0) is 19.5 Å². The van der Waals surface area contributed by atoms with Gasteiger partial charge in [0.25, 0.3) is 6.65 Å². The fraction of sp³-hybridized carbons (Fsp3) is 0.500. The first-order chi connectivity index (χ1) is 9.22. The van der Waals surface area contributed by atoms with Gasteiger partial charge < -0.3 is 0 Å². The van der Waals surface area contributed by atoms with Crippen LogP contribution in [0.4, 0.5) is 19.0 Å². The van der Waals surface area contributed by atoms with Gasteiger partial charge in [-0.15, -0.1) is 0 Å². The first-order valence-corrected chi connectivity index (χ1v) is 9.34. The molecule has 0 saturated carbocycles. The van der Waals surface area contributed by atoms with Crippen molar-refractivity contribution in [2.75, 3.05) is 17.9 Å². The molecule has 2 N–H and O–H groups in total. The molecule has 0 aromatic carbocycles. The Kier molecular flexibility index (Phi) is 6.19. The van der Waals surface area contributed by atoms with Crippen LogP contribution in [-0.4, -0.2) is 17.8 Å². The molecular weight excluding hydrogens is 334 g/mol. The van der Waals surface area contributed by atoms with E-state index in [0.29, 0.717) is 11.9 Å². The van der Waals surface area contributed by atoms with Crippen LogP contribution >= 0.6 is 29.6 Å². The third kappa shape index (κ3) is 4.84. The van der Waals surface area contributed by atoms with Crippen LogP contribution in [0.1, 0.15) is 18.9 Å². The number of anilines is 1. The fourth-order valence-electron chi connectivity index (χ4n) is 1.19. The standard InChI is InChI=1S/C10H14ClF3N3OPS/c1-3-4-20-19(18,15-2)17-9-8(11)5-7(6-16-9)10(12,13)14/h5-6H,3-4H2,1-2H3,(H2,15,16,17,18). The molecule has 1 unspecified atom stereocenters. The highest BCUT2D eigenvalue weighted by atomic mass is 35.5. The highest BCUT2D eigenvalue weighted by Gasteiger charge is 2.32. The van der Waals surface area contributed by atoms with E-state index in [2.05, 4.69) is 15.2 Å². The normalized spacial score (nSPS) is 14.9. The van der Waals surface area contributed by atoms with Crippen molar-refractivity contribution in [1.29, 1.82) is 0 Å². The summed E-state index contributed by atoms with van der Waals surface area (Å²) < 4.78 is 49.8. The Morgan fingerprint density at radius 3 is 2.60 bits per heavy atom. The molecule has 10 heteroatoms. The van der Waals surface area contributed by atoms with Crippen molar-refractivity contribution in [3.8, 4) is 0 Å². The number of hydrogen-bond donors (Lipinski definition) is 2. The maximum absolute atomic E-state index is 12.5. The highest BCUT2D eigenvalue weighted by molar-refractivity contribution is 8.57. The molecule has 0 amide bonds. The van der Waals surface area contributed by atoms with Gasteiger partial charge in [0.15, 0.2) is 5.82 Å². The molecule has 0 aliphatic carbocycles. The van der Waals surface area contributed by atoms with Gasteiger partial charge in [0, 0.05) is 11.9 Å². The lowest BCUT2D eigenvalue weighted by Crippen LogP contribution is -2.11. The molecule has 114 valence electrons. The van der Waals surface area contributed by atoms with Gasteiger partial charge in [0.2, 0.25) is 0 Å². The molecule has 20 heavy (non-hydrogen) atoms. The van der Waals surface area contributed by atoms with E-state index in [-0.39, 0.29) is 10.8 Å². The van der Waals surface area contributed by atoms with Crippen molar-refractivity contribution in [3.63, 3.8) is 0 Å². The van der Waals surface area contributed by atoms with Gasteiger partial charge in [-0.3, -0.25) is 9.65 Å². The van der Waals surface area contributed by atoms with Gasteiger partial charge in [-0.1, -0.05) is 29.9 Å². The number of aromatic nitrogens is 1. The second kappa shape index (κ2) is 7.02. The topological polar surface area (TPSA) is 54.0 Å². The van der Waals surface area contributed by atoms with E-state index in [0.717, 1.165) is 23.9 Å². The Bertz CT molecular complexity index is 515. The lowest BCUT2D eigenvalue weighted by molar-refractivity contribution is -0.137. The van der Waals surface area contributed by atoms with Gasteiger partial charge in [-0.2, -0.15) is 13.2 Å². The van der Waals surface area contributed by atoms with Crippen molar-refractivity contribution in [2.45, 2.75) is 19.5 Å². The minimum Gasteiger partial charge on any atom is -0.300 e. The summed E-state index contributed by atoms with van der Waals surface area (Å²) in [5, 5.41) is 4.97. The fourth-order valence-corrected chi connectivity index (χ4v) is 4.83. The second-order valence-corrected chi connectivity index (χ2v) is 8.94. The summed E-state index contributed by atoms with van der Waals surface area (Å²) in [5.41, 5.74) is -0.950. The largest absolute Gasteiger partial charge is 0.417 e. The van der Waals surface area contributed by atoms with Crippen molar-refractivity contribution in [1.82, 2.24) is 10.1 Å². The Morgan fingerprint density at radius 1 is 1.50 bits per heavy atom. The van der Waals surface area contributed by atoms with Crippen LogP contribution in [0.15, 0.2) is 12.3 Å². The Hall–Kier alpha value is -0.430. The molecule has 0 saturated heterocycles. The summed E-state index contributed by atoms with van der Waals surface area (Å²) in [6.07, 6.45) is -3.05. The molecule has 0 bridgehead atoms. The van der Waals surface area contributed by atoms with Crippen molar-refractivity contribution < 1.29 is 17.7 Å². The molecule has 0 fully saturated rings. The van der Waals surface area contributed by atoms with Gasteiger partial charge in [0.1, 0.15) is 0 Å². The number of pyridine rings is 1. The Labute approximate surface area is 124 Å². The van der Waals surface area contributed by atoms with Crippen molar-refractivity contribution >= 4 is 35.4 Å². The summed E-state index contributed by atoms with van der Waals surface area (Å²) in [6.45, 7) is -1.11. The summed E-state index contributed by atoms with van der Waals surface area (Å²) in [7, 11) is 1.49. The number of alkyl halides is 3. The zero-order chi connectivity index (χ0) is 15.4.